The van der Waals surface area contributed by atoms with Gasteiger partial charge in [0.2, 0.25) is 5.91 Å². The third kappa shape index (κ3) is 1.92. The van der Waals surface area contributed by atoms with Gasteiger partial charge >= 0.3 is 0 Å². The fourth-order valence-corrected chi connectivity index (χ4v) is 2.64. The van der Waals surface area contributed by atoms with Crippen LogP contribution >= 0.6 is 0 Å². The molecule has 2 fully saturated rings. The molecule has 1 aliphatic heterocycles. The molecule has 1 aliphatic carbocycles. The van der Waals surface area contributed by atoms with Gasteiger partial charge in [0.05, 0.1) is 0 Å². The molecule has 3 nitrogen and oxygen atoms in total. The molecule has 1 saturated carbocycles. The van der Waals surface area contributed by atoms with Crippen LogP contribution in [-0.4, -0.2) is 24.5 Å². The van der Waals surface area contributed by atoms with E-state index in [2.05, 4.69) is 24.5 Å². The van der Waals surface area contributed by atoms with Crippen LogP contribution in [0.2, 0.25) is 0 Å². The van der Waals surface area contributed by atoms with Crippen molar-refractivity contribution < 1.29 is 4.79 Å². The van der Waals surface area contributed by atoms with Crippen molar-refractivity contribution >= 4 is 5.91 Å². The zero-order valence-electron chi connectivity index (χ0n) is 9.10. The van der Waals surface area contributed by atoms with Crippen LogP contribution in [0.25, 0.3) is 0 Å². The first-order valence-corrected chi connectivity index (χ1v) is 5.61. The summed E-state index contributed by atoms with van der Waals surface area (Å²) < 4.78 is 0. The Hall–Kier alpha value is -0.570. The summed E-state index contributed by atoms with van der Waals surface area (Å²) in [5, 5.41) is 6.48. The van der Waals surface area contributed by atoms with E-state index in [1.165, 1.54) is 19.3 Å². The molecule has 80 valence electrons. The van der Waals surface area contributed by atoms with Gasteiger partial charge < -0.3 is 10.6 Å². The van der Waals surface area contributed by atoms with Crippen molar-refractivity contribution in [3.05, 3.63) is 0 Å². The molecule has 3 heteroatoms. The normalized spacial score (nSPS) is 36.0. The summed E-state index contributed by atoms with van der Waals surface area (Å²) in [6.07, 6.45) is 4.54. The number of amides is 1. The lowest BCUT2D eigenvalue weighted by Gasteiger charge is -2.30. The molecular formula is C11H20N2O. The Morgan fingerprint density at radius 2 is 2.29 bits per heavy atom. The predicted molar refractivity (Wildman–Crippen MR) is 56.0 cm³/mol. The van der Waals surface area contributed by atoms with E-state index in [-0.39, 0.29) is 5.91 Å². The Morgan fingerprint density at radius 3 is 2.79 bits per heavy atom. The number of hydrogen-bond acceptors (Lipinski definition) is 2. The number of rotatable bonds is 2. The summed E-state index contributed by atoms with van der Waals surface area (Å²) in [4.78, 5) is 11.0. The molecule has 0 spiro atoms. The molecule has 2 N–H and O–H groups in total. The minimum atomic E-state index is 0.193. The second-order valence-electron chi connectivity index (χ2n) is 5.31. The topological polar surface area (TPSA) is 41.1 Å². The van der Waals surface area contributed by atoms with Crippen molar-refractivity contribution in [3.8, 4) is 0 Å². The summed E-state index contributed by atoms with van der Waals surface area (Å²) in [5.41, 5.74) is 0.408. The maximum Gasteiger partial charge on any atom is 0.221 e. The molecule has 1 amide bonds. The molecule has 2 atom stereocenters. The Morgan fingerprint density at radius 1 is 1.50 bits per heavy atom. The molecule has 2 aliphatic rings. The highest BCUT2D eigenvalue weighted by molar-refractivity contribution is 5.78. The summed E-state index contributed by atoms with van der Waals surface area (Å²) in [7, 11) is 0. The summed E-state index contributed by atoms with van der Waals surface area (Å²) in [6, 6.07) is 0.963. The van der Waals surface area contributed by atoms with Gasteiger partial charge in [0.15, 0.2) is 0 Å². The zero-order chi connectivity index (χ0) is 10.2. The predicted octanol–water partition coefficient (Wildman–Crippen LogP) is 1.04. The first kappa shape index (κ1) is 9.97. The van der Waals surface area contributed by atoms with E-state index in [1.807, 2.05) is 0 Å². The van der Waals surface area contributed by atoms with Crippen molar-refractivity contribution in [1.82, 2.24) is 10.6 Å². The fourth-order valence-electron chi connectivity index (χ4n) is 2.64. The maximum atomic E-state index is 11.0. The van der Waals surface area contributed by atoms with Crippen molar-refractivity contribution in [1.29, 1.82) is 0 Å². The van der Waals surface area contributed by atoms with Crippen molar-refractivity contribution in [2.75, 3.05) is 6.54 Å². The lowest BCUT2D eigenvalue weighted by molar-refractivity contribution is -0.119. The molecule has 2 unspecified atom stereocenters. The van der Waals surface area contributed by atoms with E-state index >= 15 is 0 Å². The highest BCUT2D eigenvalue weighted by atomic mass is 16.1. The molecule has 1 saturated heterocycles. The highest BCUT2D eigenvalue weighted by Crippen LogP contribution is 2.37. The van der Waals surface area contributed by atoms with Gasteiger partial charge in [-0.3, -0.25) is 4.79 Å². The van der Waals surface area contributed by atoms with Gasteiger partial charge in [-0.2, -0.15) is 0 Å². The van der Waals surface area contributed by atoms with Crippen LogP contribution in [0.3, 0.4) is 0 Å². The van der Waals surface area contributed by atoms with Crippen LogP contribution in [0.15, 0.2) is 0 Å². The molecule has 0 aromatic heterocycles. The SMILES string of the molecule is CC1(C)CCCC1NC1CNC(=O)C1. The number of carbonyl (C=O) groups excluding carboxylic acids is 1. The first-order chi connectivity index (χ1) is 6.58. The van der Waals surface area contributed by atoms with E-state index in [0.717, 1.165) is 6.54 Å². The van der Waals surface area contributed by atoms with Gasteiger partial charge in [-0.25, -0.2) is 0 Å². The second-order valence-corrected chi connectivity index (χ2v) is 5.31. The van der Waals surface area contributed by atoms with Crippen LogP contribution in [0.5, 0.6) is 0 Å². The Labute approximate surface area is 85.6 Å². The molecular weight excluding hydrogens is 176 g/mol. The van der Waals surface area contributed by atoms with E-state index in [4.69, 9.17) is 0 Å². The zero-order valence-corrected chi connectivity index (χ0v) is 9.10. The molecule has 1 heterocycles. The van der Waals surface area contributed by atoms with Gasteiger partial charge in [0, 0.05) is 25.0 Å². The van der Waals surface area contributed by atoms with E-state index in [1.54, 1.807) is 0 Å². The van der Waals surface area contributed by atoms with Gasteiger partial charge in [0.25, 0.3) is 0 Å². The fraction of sp³-hybridized carbons (Fsp3) is 0.909. The van der Waals surface area contributed by atoms with Crippen LogP contribution in [-0.2, 0) is 4.79 Å². The second kappa shape index (κ2) is 3.54. The van der Waals surface area contributed by atoms with Gasteiger partial charge in [-0.15, -0.1) is 0 Å². The Bertz CT molecular complexity index is 237. The van der Waals surface area contributed by atoms with E-state index < -0.39 is 0 Å². The van der Waals surface area contributed by atoms with E-state index in [0.29, 0.717) is 23.9 Å². The maximum absolute atomic E-state index is 11.0. The monoisotopic (exact) mass is 196 g/mol. The van der Waals surface area contributed by atoms with Crippen molar-refractivity contribution in [3.63, 3.8) is 0 Å². The third-order valence-corrected chi connectivity index (χ3v) is 3.67. The molecule has 0 bridgehead atoms. The Balaban J connectivity index is 1.88. The summed E-state index contributed by atoms with van der Waals surface area (Å²) >= 11 is 0. The number of hydrogen-bond donors (Lipinski definition) is 2. The molecule has 14 heavy (non-hydrogen) atoms. The minimum Gasteiger partial charge on any atom is -0.354 e. The standard InChI is InChI=1S/C11H20N2O/c1-11(2)5-3-4-9(11)13-8-6-10(14)12-7-8/h8-9,13H,3-7H2,1-2H3,(H,12,14). The molecule has 0 aromatic rings. The molecule has 0 aromatic carbocycles. The third-order valence-electron chi connectivity index (χ3n) is 3.67. The van der Waals surface area contributed by atoms with Crippen molar-refractivity contribution in [2.24, 2.45) is 5.41 Å². The summed E-state index contributed by atoms with van der Waals surface area (Å²) in [5.74, 6) is 0.193. The van der Waals surface area contributed by atoms with Crippen molar-refractivity contribution in [2.45, 2.75) is 51.6 Å². The van der Waals surface area contributed by atoms with Gasteiger partial charge in [-0.05, 0) is 18.3 Å². The highest BCUT2D eigenvalue weighted by Gasteiger charge is 2.36. The first-order valence-electron chi connectivity index (χ1n) is 5.61. The lowest BCUT2D eigenvalue weighted by atomic mass is 9.87. The lowest BCUT2D eigenvalue weighted by Crippen LogP contribution is -2.44. The van der Waals surface area contributed by atoms with E-state index in [9.17, 15) is 4.79 Å². The quantitative estimate of drug-likeness (QED) is 0.693. The average Bonchev–Trinajstić information content (AvgIpc) is 2.61. The van der Waals surface area contributed by atoms with Crippen LogP contribution < -0.4 is 10.6 Å². The van der Waals surface area contributed by atoms with Crippen LogP contribution in [0, 0.1) is 5.41 Å². The largest absolute Gasteiger partial charge is 0.354 e. The molecule has 2 rings (SSSR count). The van der Waals surface area contributed by atoms with Crippen LogP contribution in [0.1, 0.15) is 39.5 Å². The number of nitrogens with one attached hydrogen (secondary N) is 2. The van der Waals surface area contributed by atoms with Gasteiger partial charge in [0.1, 0.15) is 0 Å². The minimum absolute atomic E-state index is 0.193. The Kier molecular flexibility index (Phi) is 2.52. The molecule has 0 radical (unpaired) electrons. The van der Waals surface area contributed by atoms with Gasteiger partial charge in [-0.1, -0.05) is 20.3 Å². The number of carbonyl (C=O) groups is 1. The average molecular weight is 196 g/mol. The summed E-state index contributed by atoms with van der Waals surface area (Å²) in [6.45, 7) is 5.45. The van der Waals surface area contributed by atoms with Crippen LogP contribution in [0.4, 0.5) is 0 Å². The smallest absolute Gasteiger partial charge is 0.221 e.